The number of phosphoric ester groups is 1. The lowest BCUT2D eigenvalue weighted by molar-refractivity contribution is -0.154. The van der Waals surface area contributed by atoms with Crippen molar-refractivity contribution in [2.75, 3.05) is 26.4 Å². The van der Waals surface area contributed by atoms with E-state index in [-0.39, 0.29) is 13.0 Å². The van der Waals surface area contributed by atoms with E-state index in [0.29, 0.717) is 13.0 Å². The first-order valence-corrected chi connectivity index (χ1v) is 27.7. The van der Waals surface area contributed by atoms with Gasteiger partial charge in [-0.3, -0.25) is 18.6 Å². The lowest BCUT2D eigenvalue weighted by Crippen LogP contribution is -2.34. The van der Waals surface area contributed by atoms with Crippen LogP contribution in [-0.2, 0) is 32.7 Å². The van der Waals surface area contributed by atoms with Gasteiger partial charge in [0.05, 0.1) is 19.8 Å². The van der Waals surface area contributed by atoms with Crippen LogP contribution in [0, 0.1) is 0 Å². The van der Waals surface area contributed by atoms with Gasteiger partial charge in [-0.25, -0.2) is 4.57 Å². The molecule has 0 bridgehead atoms. The van der Waals surface area contributed by atoms with Gasteiger partial charge < -0.3 is 25.2 Å². The molecule has 0 saturated carbocycles. The number of unbranched alkanes of at least 4 members (excludes halogenated alkanes) is 28. The van der Waals surface area contributed by atoms with Gasteiger partial charge in [-0.05, 0) is 51.4 Å². The number of hydrogen-bond acceptors (Lipinski definition) is 8. The molecule has 3 unspecified atom stereocenters. The van der Waals surface area contributed by atoms with Crippen LogP contribution in [0.4, 0.5) is 0 Å². The van der Waals surface area contributed by atoms with Crippen molar-refractivity contribution in [3.8, 4) is 0 Å². The molecular formula is C53H98NO9P. The van der Waals surface area contributed by atoms with Crippen molar-refractivity contribution in [2.24, 2.45) is 5.73 Å². The summed E-state index contributed by atoms with van der Waals surface area (Å²) in [4.78, 5) is 33.7. The molecule has 0 aliphatic rings. The van der Waals surface area contributed by atoms with Crippen molar-refractivity contribution < 1.29 is 42.7 Å². The molecule has 0 radical (unpaired) electrons. The molecule has 0 aromatic rings. The van der Waals surface area contributed by atoms with Crippen molar-refractivity contribution in [2.45, 2.75) is 251 Å². The molecule has 0 spiro atoms. The van der Waals surface area contributed by atoms with Gasteiger partial charge in [0.15, 0.2) is 0 Å². The van der Waals surface area contributed by atoms with Crippen LogP contribution < -0.4 is 5.73 Å². The Balaban J connectivity index is 4.12. The van der Waals surface area contributed by atoms with Gasteiger partial charge >= 0.3 is 19.8 Å². The summed E-state index contributed by atoms with van der Waals surface area (Å²) in [7, 11) is -4.62. The molecule has 64 heavy (non-hydrogen) atoms. The minimum absolute atomic E-state index is 0.0157. The highest BCUT2D eigenvalue weighted by molar-refractivity contribution is 7.47. The Morgan fingerprint density at radius 3 is 1.36 bits per heavy atom. The standard InChI is InChI=1S/C53H98NO9P/c1-3-5-7-9-11-13-15-17-19-21-23-25-27-29-31-33-35-37-39-41-43-45-52(55)63-50(48-61-64(58,59)62-49-51(54)53(56)57)47-60-46-44-42-40-38-36-34-32-30-28-26-24-22-20-18-16-14-12-10-8-6-4-2/h5,7,11,13,17,19,23,25,50-51H,3-4,6,8-10,12,14-16,18,20-22,24,26-49,54H2,1-2H3,(H,56,57)(H,58,59)/b7-5-,13-11-,19-17-,25-23-. The van der Waals surface area contributed by atoms with Crippen LogP contribution >= 0.6 is 7.82 Å². The van der Waals surface area contributed by atoms with E-state index < -0.39 is 45.1 Å². The van der Waals surface area contributed by atoms with Gasteiger partial charge in [0.1, 0.15) is 12.1 Å². The van der Waals surface area contributed by atoms with Crippen molar-refractivity contribution in [1.82, 2.24) is 0 Å². The van der Waals surface area contributed by atoms with Crippen LogP contribution in [0.25, 0.3) is 0 Å². The predicted octanol–water partition coefficient (Wildman–Crippen LogP) is 15.4. The Kier molecular flexibility index (Phi) is 47.3. The van der Waals surface area contributed by atoms with Gasteiger partial charge in [-0.2, -0.15) is 0 Å². The topological polar surface area (TPSA) is 155 Å². The largest absolute Gasteiger partial charge is 0.480 e. The first kappa shape index (κ1) is 61.9. The summed E-state index contributed by atoms with van der Waals surface area (Å²) < 4.78 is 33.5. The molecule has 0 amide bonds. The average Bonchev–Trinajstić information content (AvgIpc) is 3.28. The van der Waals surface area contributed by atoms with Crippen LogP contribution in [0.5, 0.6) is 0 Å². The molecule has 0 fully saturated rings. The summed E-state index contributed by atoms with van der Waals surface area (Å²) in [6.07, 6.45) is 58.8. The van der Waals surface area contributed by atoms with Gasteiger partial charge in [-0.15, -0.1) is 0 Å². The van der Waals surface area contributed by atoms with Crippen molar-refractivity contribution in [1.29, 1.82) is 0 Å². The molecule has 4 N–H and O–H groups in total. The third-order valence-corrected chi connectivity index (χ3v) is 12.3. The van der Waals surface area contributed by atoms with E-state index in [2.05, 4.69) is 62.5 Å². The number of phosphoric acid groups is 1. The summed E-state index contributed by atoms with van der Waals surface area (Å²) in [6, 6.07) is -1.48. The molecule has 0 heterocycles. The number of rotatable bonds is 50. The maximum atomic E-state index is 12.7. The van der Waals surface area contributed by atoms with E-state index in [0.717, 1.165) is 70.6 Å². The van der Waals surface area contributed by atoms with Crippen molar-refractivity contribution in [3.63, 3.8) is 0 Å². The lowest BCUT2D eigenvalue weighted by atomic mass is 10.0. The molecule has 0 aromatic heterocycles. The Morgan fingerprint density at radius 1 is 0.516 bits per heavy atom. The van der Waals surface area contributed by atoms with Crippen LogP contribution in [0.3, 0.4) is 0 Å². The number of hydrogen-bond donors (Lipinski definition) is 3. The maximum Gasteiger partial charge on any atom is 0.472 e. The molecule has 0 aliphatic carbocycles. The van der Waals surface area contributed by atoms with E-state index in [1.54, 1.807) is 0 Å². The zero-order chi connectivity index (χ0) is 46.9. The van der Waals surface area contributed by atoms with Gasteiger partial charge in [0.2, 0.25) is 0 Å². The fraction of sp³-hybridized carbons (Fsp3) is 0.811. The minimum atomic E-state index is -4.62. The first-order chi connectivity index (χ1) is 31.2. The molecule has 0 aromatic carbocycles. The van der Waals surface area contributed by atoms with Gasteiger partial charge in [0, 0.05) is 13.0 Å². The van der Waals surface area contributed by atoms with Crippen LogP contribution in [-0.4, -0.2) is 60.5 Å². The predicted molar refractivity (Wildman–Crippen MR) is 268 cm³/mol. The lowest BCUT2D eigenvalue weighted by Gasteiger charge is -2.20. The quantitative estimate of drug-likeness (QED) is 0.0232. The summed E-state index contributed by atoms with van der Waals surface area (Å²) in [5.74, 6) is -1.78. The second-order valence-electron chi connectivity index (χ2n) is 17.6. The zero-order valence-corrected chi connectivity index (χ0v) is 42.0. The molecule has 3 atom stereocenters. The minimum Gasteiger partial charge on any atom is -0.480 e. The highest BCUT2D eigenvalue weighted by Gasteiger charge is 2.27. The molecule has 0 aliphatic heterocycles. The number of carboxylic acids is 1. The summed E-state index contributed by atoms with van der Waals surface area (Å²) >= 11 is 0. The Bertz CT molecular complexity index is 1210. The normalized spacial score (nSPS) is 14.1. The van der Waals surface area contributed by atoms with E-state index in [1.807, 2.05) is 0 Å². The number of esters is 1. The second-order valence-corrected chi connectivity index (χ2v) is 19.1. The summed E-state index contributed by atoms with van der Waals surface area (Å²) in [5, 5.41) is 8.93. The van der Waals surface area contributed by atoms with Gasteiger partial charge in [-0.1, -0.05) is 229 Å². The number of aliphatic carboxylic acids is 1. The molecule has 0 rings (SSSR count). The number of nitrogens with two attached hydrogens (primary N) is 1. The monoisotopic (exact) mass is 924 g/mol. The van der Waals surface area contributed by atoms with Crippen LogP contribution in [0.2, 0.25) is 0 Å². The first-order valence-electron chi connectivity index (χ1n) is 26.2. The average molecular weight is 924 g/mol. The van der Waals surface area contributed by atoms with E-state index in [1.165, 1.54) is 141 Å². The third kappa shape index (κ3) is 47.9. The zero-order valence-electron chi connectivity index (χ0n) is 41.1. The molecule has 10 nitrogen and oxygen atoms in total. The second kappa shape index (κ2) is 48.9. The summed E-state index contributed by atoms with van der Waals surface area (Å²) in [6.45, 7) is 3.80. The van der Waals surface area contributed by atoms with Crippen molar-refractivity contribution in [3.05, 3.63) is 48.6 Å². The SMILES string of the molecule is CC/C=C\C/C=C\C/C=C\C/C=C\CCCCCCCCCCC(=O)OC(COCCCCCCCCCCCCCCCCCCCCCCC)COP(=O)(O)OCC(N)C(=O)O. The van der Waals surface area contributed by atoms with E-state index >= 15 is 0 Å². The highest BCUT2D eigenvalue weighted by Crippen LogP contribution is 2.43. The molecule has 374 valence electrons. The number of allylic oxidation sites excluding steroid dienone is 8. The molecule has 11 heteroatoms. The fourth-order valence-electron chi connectivity index (χ4n) is 7.36. The number of carboxylic acid groups (broad SMARTS) is 1. The Morgan fingerprint density at radius 2 is 0.906 bits per heavy atom. The van der Waals surface area contributed by atoms with Crippen LogP contribution in [0.1, 0.15) is 239 Å². The fourth-order valence-corrected chi connectivity index (χ4v) is 8.14. The Hall–Kier alpha value is -2.07. The Labute approximate surface area is 392 Å². The van der Waals surface area contributed by atoms with Crippen LogP contribution in [0.15, 0.2) is 48.6 Å². The number of ether oxygens (including phenoxy) is 2. The molecule has 0 saturated heterocycles. The van der Waals surface area contributed by atoms with E-state index in [4.69, 9.17) is 29.4 Å². The third-order valence-electron chi connectivity index (χ3n) is 11.4. The van der Waals surface area contributed by atoms with E-state index in [9.17, 15) is 19.0 Å². The summed E-state index contributed by atoms with van der Waals surface area (Å²) in [5.41, 5.74) is 5.38. The maximum absolute atomic E-state index is 12.7. The van der Waals surface area contributed by atoms with Crippen molar-refractivity contribution >= 4 is 19.8 Å². The van der Waals surface area contributed by atoms with Gasteiger partial charge in [0.25, 0.3) is 0 Å². The number of carbonyl (C=O) groups excluding carboxylic acids is 1. The number of carbonyl (C=O) groups is 2. The highest BCUT2D eigenvalue weighted by atomic mass is 31.2. The molecular weight excluding hydrogens is 826 g/mol. The smallest absolute Gasteiger partial charge is 0.472 e.